The molecule has 1 aromatic rings. The molecule has 2 bridgehead atoms. The van der Waals surface area contributed by atoms with E-state index in [1.165, 1.54) is 12.1 Å². The first kappa shape index (κ1) is 30.7. The van der Waals surface area contributed by atoms with Crippen molar-refractivity contribution in [3.8, 4) is 0 Å². The minimum Gasteiger partial charge on any atom is -0.481 e. The standard InChI is InChI=1S/C28H32Cl3F2N3O4/c29-17-11-19(30)23(20(31)12-17)22(37)15-36(16-27(33)3-1-2-4-27)24(38)18(14-34)21(13-32)35-28-8-5-26(6-9-28,7-10-28)25(39)40/h11-12,14H,1-10,13,15-16,34H2,(H,39,40). The molecule has 1 aromatic carbocycles. The Morgan fingerprint density at radius 2 is 1.55 bits per heavy atom. The third-order valence-corrected chi connectivity index (χ3v) is 9.56. The molecule has 0 unspecified atom stereocenters. The van der Waals surface area contributed by atoms with Crippen LogP contribution in [0, 0.1) is 5.41 Å². The van der Waals surface area contributed by atoms with Crippen LogP contribution in [0.4, 0.5) is 8.78 Å². The Bertz CT molecular complexity index is 1220. The molecule has 40 heavy (non-hydrogen) atoms. The van der Waals surface area contributed by atoms with Crippen molar-refractivity contribution in [1.29, 1.82) is 0 Å². The highest BCUT2D eigenvalue weighted by atomic mass is 35.5. The number of fused-ring (bicyclic) bond motifs is 3. The minimum atomic E-state index is -1.72. The van der Waals surface area contributed by atoms with E-state index in [2.05, 4.69) is 4.99 Å². The lowest BCUT2D eigenvalue weighted by molar-refractivity contribution is -0.155. The Morgan fingerprint density at radius 3 is 2.02 bits per heavy atom. The van der Waals surface area contributed by atoms with Crippen molar-refractivity contribution in [3.63, 3.8) is 0 Å². The number of nitrogens with zero attached hydrogens (tertiary/aromatic N) is 2. The van der Waals surface area contributed by atoms with Crippen LogP contribution in [0.2, 0.25) is 15.1 Å². The molecule has 0 aliphatic heterocycles. The van der Waals surface area contributed by atoms with Gasteiger partial charge in [-0.05, 0) is 63.5 Å². The second-order valence-electron chi connectivity index (χ2n) is 11.3. The highest BCUT2D eigenvalue weighted by Crippen LogP contribution is 2.54. The highest BCUT2D eigenvalue weighted by molar-refractivity contribution is 6.42. The zero-order chi connectivity index (χ0) is 29.3. The fourth-order valence-electron chi connectivity index (χ4n) is 6.33. The number of ketones is 1. The molecule has 4 aliphatic rings. The van der Waals surface area contributed by atoms with Gasteiger partial charge in [-0.1, -0.05) is 47.6 Å². The van der Waals surface area contributed by atoms with Crippen molar-refractivity contribution < 1.29 is 28.3 Å². The van der Waals surface area contributed by atoms with Crippen LogP contribution >= 0.6 is 34.8 Å². The SMILES string of the molecule is NC=C(C(=O)N(CC(=O)c1c(Cl)cc(Cl)cc1Cl)CC1(F)CCCC1)C(CF)=NC12CCC(C(=O)O)(CC1)CC2. The molecule has 3 N–H and O–H groups in total. The minimum absolute atomic E-state index is 0.0162. The Hall–Kier alpha value is -2.23. The van der Waals surface area contributed by atoms with Gasteiger partial charge in [0.25, 0.3) is 5.91 Å². The van der Waals surface area contributed by atoms with Crippen molar-refractivity contribution in [2.24, 2.45) is 16.1 Å². The number of rotatable bonds is 10. The summed E-state index contributed by atoms with van der Waals surface area (Å²) < 4.78 is 30.1. The summed E-state index contributed by atoms with van der Waals surface area (Å²) in [6, 6.07) is 2.68. The topological polar surface area (TPSA) is 113 Å². The fourth-order valence-corrected chi connectivity index (χ4v) is 7.36. The number of amides is 1. The molecule has 0 saturated heterocycles. The number of carbonyl (C=O) groups excluding carboxylic acids is 2. The van der Waals surface area contributed by atoms with Crippen LogP contribution in [-0.2, 0) is 9.59 Å². The van der Waals surface area contributed by atoms with Gasteiger partial charge in [-0.2, -0.15) is 0 Å². The number of carbonyl (C=O) groups is 3. The number of aliphatic imine (C=N–C) groups is 1. The van der Waals surface area contributed by atoms with Crippen molar-refractivity contribution >= 4 is 58.2 Å². The average molecular weight is 619 g/mol. The average Bonchev–Trinajstić information content (AvgIpc) is 3.34. The predicted octanol–water partition coefficient (Wildman–Crippen LogP) is 6.37. The molecule has 0 spiro atoms. The van der Waals surface area contributed by atoms with Crippen LogP contribution in [0.3, 0.4) is 0 Å². The number of nitrogens with two attached hydrogens (primary N) is 1. The monoisotopic (exact) mass is 617 g/mol. The molecule has 12 heteroatoms. The Labute approximate surface area is 246 Å². The number of halogens is 5. The summed E-state index contributed by atoms with van der Waals surface area (Å²) in [7, 11) is 0. The maximum absolute atomic E-state index is 15.7. The largest absolute Gasteiger partial charge is 0.481 e. The molecule has 0 atom stereocenters. The van der Waals surface area contributed by atoms with Crippen LogP contribution in [-0.4, -0.2) is 64.3 Å². The van der Waals surface area contributed by atoms with Crippen molar-refractivity contribution in [3.05, 3.63) is 44.5 Å². The van der Waals surface area contributed by atoms with E-state index in [1.54, 1.807) is 0 Å². The van der Waals surface area contributed by atoms with Crippen molar-refractivity contribution in [2.75, 3.05) is 19.8 Å². The summed E-state index contributed by atoms with van der Waals surface area (Å²) in [5, 5.41) is 9.86. The normalized spacial score (nSPS) is 26.1. The molecular weight excluding hydrogens is 587 g/mol. The first-order valence-electron chi connectivity index (χ1n) is 13.3. The van der Waals surface area contributed by atoms with Gasteiger partial charge < -0.3 is 15.7 Å². The van der Waals surface area contributed by atoms with Crippen molar-refractivity contribution in [2.45, 2.75) is 75.4 Å². The lowest BCUT2D eigenvalue weighted by Gasteiger charge is -2.49. The van der Waals surface area contributed by atoms with Gasteiger partial charge in [0.05, 0.1) is 50.9 Å². The number of hydrogen-bond donors (Lipinski definition) is 2. The van der Waals surface area contributed by atoms with Gasteiger partial charge in [0.2, 0.25) is 0 Å². The van der Waals surface area contributed by atoms with E-state index in [0.717, 1.165) is 11.1 Å². The summed E-state index contributed by atoms with van der Waals surface area (Å²) in [6.45, 7) is -2.09. The van der Waals surface area contributed by atoms with Crippen molar-refractivity contribution in [1.82, 2.24) is 4.90 Å². The first-order valence-corrected chi connectivity index (χ1v) is 14.5. The summed E-state index contributed by atoms with van der Waals surface area (Å²) in [6.07, 6.45) is 5.20. The van der Waals surface area contributed by atoms with E-state index >= 15 is 4.39 Å². The highest BCUT2D eigenvalue weighted by Gasteiger charge is 2.53. The third-order valence-electron chi connectivity index (χ3n) is 8.75. The molecule has 0 heterocycles. The van der Waals surface area contributed by atoms with E-state index in [9.17, 15) is 23.9 Å². The van der Waals surface area contributed by atoms with Crippen LogP contribution in [0.15, 0.2) is 28.9 Å². The fraction of sp³-hybridized carbons (Fsp3) is 0.571. The molecule has 5 rings (SSSR count). The van der Waals surface area contributed by atoms with Gasteiger partial charge in [0, 0.05) is 11.2 Å². The van der Waals surface area contributed by atoms with E-state index in [-0.39, 0.29) is 44.8 Å². The van der Waals surface area contributed by atoms with Crippen LogP contribution in [0.5, 0.6) is 0 Å². The maximum atomic E-state index is 15.7. The van der Waals surface area contributed by atoms with Crippen LogP contribution in [0.1, 0.15) is 74.6 Å². The van der Waals surface area contributed by atoms with Crippen LogP contribution < -0.4 is 5.73 Å². The molecule has 1 amide bonds. The quantitative estimate of drug-likeness (QED) is 0.180. The van der Waals surface area contributed by atoms with E-state index < -0.39 is 54.0 Å². The van der Waals surface area contributed by atoms with E-state index in [4.69, 9.17) is 40.5 Å². The predicted molar refractivity (Wildman–Crippen MR) is 151 cm³/mol. The zero-order valence-corrected chi connectivity index (χ0v) is 24.2. The zero-order valence-electron chi connectivity index (χ0n) is 22.0. The summed E-state index contributed by atoms with van der Waals surface area (Å²) in [4.78, 5) is 44.6. The second kappa shape index (κ2) is 11.9. The smallest absolute Gasteiger partial charge is 0.309 e. The van der Waals surface area contributed by atoms with E-state index in [0.29, 0.717) is 51.4 Å². The second-order valence-corrected chi connectivity index (χ2v) is 12.5. The molecule has 7 nitrogen and oxygen atoms in total. The Kier molecular flexibility index (Phi) is 9.17. The Balaban J connectivity index is 1.63. The van der Waals surface area contributed by atoms with Crippen LogP contribution in [0.25, 0.3) is 0 Å². The van der Waals surface area contributed by atoms with Gasteiger partial charge in [0.1, 0.15) is 12.3 Å². The number of benzene rings is 1. The lowest BCUT2D eigenvalue weighted by Crippen LogP contribution is -2.49. The molecule has 4 aliphatic carbocycles. The maximum Gasteiger partial charge on any atom is 0.309 e. The summed E-state index contributed by atoms with van der Waals surface area (Å²) >= 11 is 18.4. The Morgan fingerprint density at radius 1 is 1.00 bits per heavy atom. The number of carboxylic acids is 1. The number of carboxylic acid groups (broad SMARTS) is 1. The lowest BCUT2D eigenvalue weighted by atomic mass is 9.57. The van der Waals surface area contributed by atoms with E-state index in [1.807, 2.05) is 0 Å². The number of Topliss-reactive ketones (excluding diaryl/α,β-unsaturated/α-hetero) is 1. The molecule has 218 valence electrons. The molecule has 4 fully saturated rings. The number of alkyl halides is 2. The molecule has 0 radical (unpaired) electrons. The number of aliphatic carboxylic acids is 1. The van der Waals surface area contributed by atoms with Gasteiger partial charge in [-0.3, -0.25) is 19.4 Å². The van der Waals surface area contributed by atoms with Gasteiger partial charge >= 0.3 is 5.97 Å². The summed E-state index contributed by atoms with van der Waals surface area (Å²) in [5.41, 5.74) is 2.09. The van der Waals surface area contributed by atoms with Gasteiger partial charge in [-0.25, -0.2) is 8.78 Å². The van der Waals surface area contributed by atoms with Gasteiger partial charge in [-0.15, -0.1) is 0 Å². The third kappa shape index (κ3) is 6.16. The molecule has 4 saturated carbocycles. The summed E-state index contributed by atoms with van der Waals surface area (Å²) in [5.74, 6) is -2.30. The van der Waals surface area contributed by atoms with Gasteiger partial charge in [0.15, 0.2) is 5.78 Å². The molecular formula is C28H32Cl3F2N3O4. The number of hydrogen-bond acceptors (Lipinski definition) is 5. The first-order chi connectivity index (χ1) is 18.9. The molecule has 0 aromatic heterocycles.